The maximum Gasteiger partial charge on any atom is 0.326 e. The van der Waals surface area contributed by atoms with Crippen molar-refractivity contribution < 1.29 is 23.9 Å². The first-order valence-electron chi connectivity index (χ1n) is 10.6. The molecule has 1 aromatic rings. The second-order valence-electron chi connectivity index (χ2n) is 9.77. The summed E-state index contributed by atoms with van der Waals surface area (Å²) in [6, 6.07) is 4.89. The van der Waals surface area contributed by atoms with E-state index in [1.165, 1.54) is 0 Å². The van der Waals surface area contributed by atoms with E-state index in [4.69, 9.17) is 4.74 Å². The van der Waals surface area contributed by atoms with E-state index in [9.17, 15) is 19.2 Å². The molecule has 0 aromatic heterocycles. The van der Waals surface area contributed by atoms with Gasteiger partial charge in [-0.3, -0.25) is 19.3 Å². The van der Waals surface area contributed by atoms with Crippen LogP contribution in [0.5, 0.6) is 0 Å². The molecule has 1 saturated carbocycles. The molecule has 2 atom stereocenters. The Morgan fingerprint density at radius 2 is 1.90 bits per heavy atom. The lowest BCUT2D eigenvalue weighted by molar-refractivity contribution is -0.150. The van der Waals surface area contributed by atoms with Gasteiger partial charge in [-0.05, 0) is 67.7 Å². The zero-order chi connectivity index (χ0) is 23.0. The molecule has 1 spiro atoms. The highest BCUT2D eigenvalue weighted by atomic mass is 16.5. The Labute approximate surface area is 182 Å². The van der Waals surface area contributed by atoms with Crippen molar-refractivity contribution in [3.8, 4) is 0 Å². The number of carbonyl (C=O) groups is 4. The van der Waals surface area contributed by atoms with Gasteiger partial charge in [0.2, 0.25) is 0 Å². The number of anilines is 1. The Hall–Kier alpha value is -2.90. The first-order chi connectivity index (χ1) is 14.4. The van der Waals surface area contributed by atoms with Crippen LogP contribution in [-0.4, -0.2) is 47.4 Å². The van der Waals surface area contributed by atoms with Crippen LogP contribution >= 0.6 is 0 Å². The normalized spacial score (nSPS) is 24.8. The van der Waals surface area contributed by atoms with Gasteiger partial charge in [0.1, 0.15) is 12.1 Å². The first kappa shape index (κ1) is 22.8. The number of rotatable bonds is 5. The molecule has 8 heteroatoms. The van der Waals surface area contributed by atoms with Crippen LogP contribution in [0.25, 0.3) is 0 Å². The van der Waals surface area contributed by atoms with Crippen molar-refractivity contribution in [3.05, 3.63) is 29.3 Å². The predicted octanol–water partition coefficient (Wildman–Crippen LogP) is 2.92. The van der Waals surface area contributed by atoms with Gasteiger partial charge in [-0.25, -0.2) is 4.79 Å². The Morgan fingerprint density at radius 1 is 1.19 bits per heavy atom. The summed E-state index contributed by atoms with van der Waals surface area (Å²) in [5.41, 5.74) is 1.67. The monoisotopic (exact) mass is 429 g/mol. The molecule has 0 unspecified atom stereocenters. The van der Waals surface area contributed by atoms with Gasteiger partial charge < -0.3 is 15.4 Å². The molecular formula is C23H31N3O5. The van der Waals surface area contributed by atoms with Crippen LogP contribution in [0.3, 0.4) is 0 Å². The summed E-state index contributed by atoms with van der Waals surface area (Å²) >= 11 is 0. The molecule has 4 amide bonds. The number of carbonyl (C=O) groups excluding carboxylic acids is 4. The van der Waals surface area contributed by atoms with Gasteiger partial charge in [0.05, 0.1) is 0 Å². The van der Waals surface area contributed by atoms with Gasteiger partial charge >= 0.3 is 12.0 Å². The fraction of sp³-hybridized carbons (Fsp3) is 0.565. The molecule has 2 N–H and O–H groups in total. The number of nitrogens with one attached hydrogen (secondary N) is 2. The lowest BCUT2D eigenvalue weighted by Gasteiger charge is -2.43. The van der Waals surface area contributed by atoms with Crippen LogP contribution in [0.4, 0.5) is 10.5 Å². The lowest BCUT2D eigenvalue weighted by atomic mass is 9.64. The standard InChI is InChI=1S/C23H31N3O5/c1-14-9-22(4,5)13-23(10-14)20(29)26(21(30)25-23)11-19(28)31-12-18(27)24-17-7-6-15(2)16(3)8-17/h6-8,14H,9-13H2,1-5H3,(H,24,27)(H,25,30)/t14-,23+/m0/s1. The van der Waals surface area contributed by atoms with Gasteiger partial charge in [0.15, 0.2) is 6.61 Å². The van der Waals surface area contributed by atoms with Crippen LogP contribution in [-0.2, 0) is 19.1 Å². The summed E-state index contributed by atoms with van der Waals surface area (Å²) in [4.78, 5) is 50.7. The van der Waals surface area contributed by atoms with Crippen molar-refractivity contribution in [1.82, 2.24) is 10.2 Å². The average Bonchev–Trinajstić information content (AvgIpc) is 2.84. The molecule has 1 saturated heterocycles. The van der Waals surface area contributed by atoms with Crippen LogP contribution in [0, 0.1) is 25.2 Å². The maximum absolute atomic E-state index is 13.1. The highest BCUT2D eigenvalue weighted by Gasteiger charge is 2.56. The number of urea groups is 1. The molecule has 0 radical (unpaired) electrons. The summed E-state index contributed by atoms with van der Waals surface area (Å²) in [5.74, 6) is -1.42. The number of hydrogen-bond donors (Lipinski definition) is 2. The van der Waals surface area contributed by atoms with Crippen molar-refractivity contribution in [2.75, 3.05) is 18.5 Å². The summed E-state index contributed by atoms with van der Waals surface area (Å²) in [6.07, 6.45) is 2.04. The van der Waals surface area contributed by atoms with E-state index in [1.54, 1.807) is 6.07 Å². The number of ether oxygens (including phenoxy) is 1. The number of aryl methyl sites for hydroxylation is 2. The van der Waals surface area contributed by atoms with E-state index in [0.29, 0.717) is 18.5 Å². The lowest BCUT2D eigenvalue weighted by Crippen LogP contribution is -2.54. The second-order valence-corrected chi connectivity index (χ2v) is 9.77. The van der Waals surface area contributed by atoms with Gasteiger partial charge in [0.25, 0.3) is 11.8 Å². The second kappa shape index (κ2) is 8.32. The molecule has 3 rings (SSSR count). The van der Waals surface area contributed by atoms with Crippen LogP contribution in [0.15, 0.2) is 18.2 Å². The van der Waals surface area contributed by atoms with Crippen LogP contribution in [0.2, 0.25) is 0 Å². The van der Waals surface area contributed by atoms with Gasteiger partial charge in [-0.1, -0.05) is 26.8 Å². The third-order valence-electron chi connectivity index (χ3n) is 6.07. The predicted molar refractivity (Wildman–Crippen MR) is 115 cm³/mol. The van der Waals surface area contributed by atoms with Crippen molar-refractivity contribution in [2.24, 2.45) is 11.3 Å². The summed E-state index contributed by atoms with van der Waals surface area (Å²) in [5, 5.41) is 5.48. The molecule has 31 heavy (non-hydrogen) atoms. The molecule has 1 heterocycles. The van der Waals surface area contributed by atoms with E-state index in [1.807, 2.05) is 26.0 Å². The third kappa shape index (κ3) is 5.06. The smallest absolute Gasteiger partial charge is 0.326 e. The van der Waals surface area contributed by atoms with Crippen molar-refractivity contribution >= 4 is 29.5 Å². The highest BCUT2D eigenvalue weighted by Crippen LogP contribution is 2.46. The summed E-state index contributed by atoms with van der Waals surface area (Å²) < 4.78 is 5.00. The Kier molecular flexibility index (Phi) is 6.11. The molecule has 1 aliphatic heterocycles. The molecule has 1 aliphatic carbocycles. The molecule has 168 valence electrons. The fourth-order valence-corrected chi connectivity index (χ4v) is 4.99. The van der Waals surface area contributed by atoms with E-state index < -0.39 is 42.5 Å². The molecule has 1 aromatic carbocycles. The van der Waals surface area contributed by atoms with Crippen molar-refractivity contribution in [3.63, 3.8) is 0 Å². The zero-order valence-electron chi connectivity index (χ0n) is 18.8. The maximum atomic E-state index is 13.1. The Bertz CT molecular complexity index is 926. The average molecular weight is 430 g/mol. The highest BCUT2D eigenvalue weighted by molar-refractivity contribution is 6.09. The van der Waals surface area contributed by atoms with Crippen molar-refractivity contribution in [1.29, 1.82) is 0 Å². The topological polar surface area (TPSA) is 105 Å². The SMILES string of the molecule is Cc1ccc(NC(=O)COC(=O)CN2C(=O)N[C@@]3(C[C@@H](C)CC(C)(C)C3)C2=O)cc1C. The van der Waals surface area contributed by atoms with E-state index in [-0.39, 0.29) is 11.3 Å². The van der Waals surface area contributed by atoms with Crippen molar-refractivity contribution in [2.45, 2.75) is 59.4 Å². The third-order valence-corrected chi connectivity index (χ3v) is 6.07. The van der Waals surface area contributed by atoms with E-state index >= 15 is 0 Å². The molecule has 8 nitrogen and oxygen atoms in total. The number of esters is 1. The Balaban J connectivity index is 1.55. The van der Waals surface area contributed by atoms with Crippen LogP contribution < -0.4 is 10.6 Å². The summed E-state index contributed by atoms with van der Waals surface area (Å²) in [6.45, 7) is 9.11. The summed E-state index contributed by atoms with van der Waals surface area (Å²) in [7, 11) is 0. The van der Waals surface area contributed by atoms with E-state index in [0.717, 1.165) is 22.4 Å². The van der Waals surface area contributed by atoms with Gasteiger partial charge in [0, 0.05) is 5.69 Å². The number of amides is 4. The minimum atomic E-state index is -0.973. The van der Waals surface area contributed by atoms with E-state index in [2.05, 4.69) is 31.4 Å². The Morgan fingerprint density at radius 3 is 2.55 bits per heavy atom. The molecule has 0 bridgehead atoms. The molecular weight excluding hydrogens is 398 g/mol. The minimum Gasteiger partial charge on any atom is -0.454 e. The first-order valence-corrected chi connectivity index (χ1v) is 10.6. The molecule has 2 fully saturated rings. The number of nitrogens with zero attached hydrogens (tertiary/aromatic N) is 1. The molecule has 2 aliphatic rings. The van der Waals surface area contributed by atoms with Gasteiger partial charge in [-0.2, -0.15) is 0 Å². The van der Waals surface area contributed by atoms with Crippen LogP contribution in [0.1, 0.15) is 51.2 Å². The quantitative estimate of drug-likeness (QED) is 0.553. The fourth-order valence-electron chi connectivity index (χ4n) is 4.99. The minimum absolute atomic E-state index is 0.0937. The number of benzene rings is 1. The largest absolute Gasteiger partial charge is 0.454 e. The zero-order valence-corrected chi connectivity index (χ0v) is 18.8. The van der Waals surface area contributed by atoms with Gasteiger partial charge in [-0.15, -0.1) is 0 Å². The number of hydrogen-bond acceptors (Lipinski definition) is 5. The number of imide groups is 1.